The molecule has 2 aromatic carbocycles. The normalized spacial score (nSPS) is 9.60. The molecule has 0 aromatic heterocycles. The average Bonchev–Trinajstić information content (AvgIpc) is 2.45. The minimum absolute atomic E-state index is 0.0510. The fraction of sp³-hybridized carbons (Fsp3) is 0. The molecule has 0 aliphatic rings. The predicted octanol–water partition coefficient (Wildman–Crippen LogP) is 2.04. The summed E-state index contributed by atoms with van der Waals surface area (Å²) < 4.78 is 13.5. The summed E-state index contributed by atoms with van der Waals surface area (Å²) in [6.45, 7) is 0. The van der Waals surface area contributed by atoms with Crippen molar-refractivity contribution in [3.05, 3.63) is 59.4 Å². The lowest BCUT2D eigenvalue weighted by atomic mass is 10.1. The number of hydrogen-bond donors (Lipinski definition) is 3. The Bertz CT molecular complexity index is 674. The van der Waals surface area contributed by atoms with Gasteiger partial charge in [0.15, 0.2) is 0 Å². The summed E-state index contributed by atoms with van der Waals surface area (Å²) in [6.07, 6.45) is 0. The van der Waals surface area contributed by atoms with E-state index in [9.17, 15) is 9.18 Å². The zero-order chi connectivity index (χ0) is 14.5. The minimum atomic E-state index is -0.699. The molecule has 4 N–H and O–H groups in total. The second-order valence-corrected chi connectivity index (χ2v) is 3.98. The van der Waals surface area contributed by atoms with Crippen LogP contribution >= 0.6 is 0 Å². The molecule has 1 amide bonds. The molecule has 0 aliphatic carbocycles. The van der Waals surface area contributed by atoms with Crippen LogP contribution in [0, 0.1) is 17.1 Å². The molecule has 5 nitrogen and oxygen atoms in total. The number of nitrogens with one attached hydrogen (secondary N) is 2. The van der Waals surface area contributed by atoms with E-state index in [2.05, 4.69) is 10.9 Å². The smallest absolute Gasteiger partial charge is 0.274 e. The number of anilines is 2. The van der Waals surface area contributed by atoms with Gasteiger partial charge < -0.3 is 5.73 Å². The van der Waals surface area contributed by atoms with E-state index >= 15 is 0 Å². The van der Waals surface area contributed by atoms with E-state index in [4.69, 9.17) is 11.0 Å². The lowest BCUT2D eigenvalue weighted by molar-refractivity contribution is 0.0959. The van der Waals surface area contributed by atoms with Gasteiger partial charge in [0.05, 0.1) is 22.9 Å². The number of benzene rings is 2. The fourth-order valence-corrected chi connectivity index (χ4v) is 1.64. The van der Waals surface area contributed by atoms with Gasteiger partial charge in [-0.3, -0.25) is 15.6 Å². The van der Waals surface area contributed by atoms with Crippen molar-refractivity contribution in [2.75, 3.05) is 11.2 Å². The third-order valence-electron chi connectivity index (χ3n) is 2.58. The van der Waals surface area contributed by atoms with Gasteiger partial charge in [-0.15, -0.1) is 0 Å². The first-order valence-electron chi connectivity index (χ1n) is 5.72. The third kappa shape index (κ3) is 2.84. The van der Waals surface area contributed by atoms with Crippen LogP contribution in [0.3, 0.4) is 0 Å². The van der Waals surface area contributed by atoms with E-state index in [1.54, 1.807) is 24.3 Å². The second kappa shape index (κ2) is 5.71. The molecule has 0 radical (unpaired) electrons. The molecule has 6 heteroatoms. The van der Waals surface area contributed by atoms with E-state index in [1.165, 1.54) is 12.1 Å². The number of hydrogen-bond acceptors (Lipinski definition) is 4. The maximum Gasteiger partial charge on any atom is 0.274 e. The van der Waals surface area contributed by atoms with Crippen molar-refractivity contribution in [2.45, 2.75) is 0 Å². The monoisotopic (exact) mass is 270 g/mol. The number of amides is 1. The van der Waals surface area contributed by atoms with Crippen LogP contribution in [0.2, 0.25) is 0 Å². The van der Waals surface area contributed by atoms with Crippen molar-refractivity contribution in [2.24, 2.45) is 0 Å². The summed E-state index contributed by atoms with van der Waals surface area (Å²) in [7, 11) is 0. The standard InChI is InChI=1S/C14H11FN4O/c15-11-5-2-6-12(17)13(11)14(20)19-18-10-4-1-3-9(7-10)8-16/h1-7,18H,17H2,(H,19,20). The molecular weight excluding hydrogens is 259 g/mol. The lowest BCUT2D eigenvalue weighted by Crippen LogP contribution is -2.30. The van der Waals surface area contributed by atoms with E-state index in [0.29, 0.717) is 11.3 Å². The van der Waals surface area contributed by atoms with Crippen molar-refractivity contribution < 1.29 is 9.18 Å². The van der Waals surface area contributed by atoms with Crippen molar-refractivity contribution in [1.29, 1.82) is 5.26 Å². The van der Waals surface area contributed by atoms with Gasteiger partial charge in [0.1, 0.15) is 5.82 Å². The molecule has 2 rings (SSSR count). The minimum Gasteiger partial charge on any atom is -0.398 e. The Morgan fingerprint density at radius 1 is 1.25 bits per heavy atom. The van der Waals surface area contributed by atoms with E-state index in [0.717, 1.165) is 6.07 Å². The first-order valence-corrected chi connectivity index (χ1v) is 5.72. The molecule has 0 saturated carbocycles. The van der Waals surface area contributed by atoms with Crippen molar-refractivity contribution in [3.63, 3.8) is 0 Å². The topological polar surface area (TPSA) is 90.9 Å². The summed E-state index contributed by atoms with van der Waals surface area (Å²) in [5.41, 5.74) is 11.3. The summed E-state index contributed by atoms with van der Waals surface area (Å²) in [5.74, 6) is -1.39. The van der Waals surface area contributed by atoms with E-state index in [-0.39, 0.29) is 11.3 Å². The summed E-state index contributed by atoms with van der Waals surface area (Å²) >= 11 is 0. The van der Waals surface area contributed by atoms with Gasteiger partial charge in [-0.05, 0) is 30.3 Å². The maximum atomic E-state index is 13.5. The molecule has 100 valence electrons. The molecule has 20 heavy (non-hydrogen) atoms. The number of nitrogens with two attached hydrogens (primary N) is 1. The Balaban J connectivity index is 2.11. The van der Waals surface area contributed by atoms with Crippen LogP contribution in [0.15, 0.2) is 42.5 Å². The molecule has 0 heterocycles. The van der Waals surface area contributed by atoms with Gasteiger partial charge >= 0.3 is 0 Å². The molecule has 0 aliphatic heterocycles. The molecule has 0 unspecified atom stereocenters. The Hall–Kier alpha value is -3.07. The number of carbonyl (C=O) groups excluding carboxylic acids is 1. The number of nitriles is 1. The largest absolute Gasteiger partial charge is 0.398 e. The molecule has 0 bridgehead atoms. The first-order chi connectivity index (χ1) is 9.61. The molecule has 2 aromatic rings. The molecule has 0 saturated heterocycles. The summed E-state index contributed by atoms with van der Waals surface area (Å²) in [6, 6.07) is 12.5. The highest BCUT2D eigenvalue weighted by atomic mass is 19.1. The molecule has 0 atom stereocenters. The summed E-state index contributed by atoms with van der Waals surface area (Å²) in [5, 5.41) is 8.76. The number of halogens is 1. The van der Waals surface area contributed by atoms with Gasteiger partial charge in [0.2, 0.25) is 0 Å². The first kappa shape index (κ1) is 13.4. The van der Waals surface area contributed by atoms with Crippen LogP contribution in [-0.2, 0) is 0 Å². The van der Waals surface area contributed by atoms with Crippen molar-refractivity contribution >= 4 is 17.3 Å². The van der Waals surface area contributed by atoms with Gasteiger partial charge in [-0.2, -0.15) is 5.26 Å². The van der Waals surface area contributed by atoms with Crippen LogP contribution in [0.25, 0.3) is 0 Å². The number of hydrazine groups is 1. The Morgan fingerprint density at radius 2 is 2.00 bits per heavy atom. The summed E-state index contributed by atoms with van der Waals surface area (Å²) in [4.78, 5) is 11.9. The third-order valence-corrected chi connectivity index (χ3v) is 2.58. The number of nitrogen functional groups attached to an aromatic ring is 1. The average molecular weight is 270 g/mol. The van der Waals surface area contributed by atoms with Gasteiger partial charge in [0, 0.05) is 5.69 Å². The Labute approximate surface area is 114 Å². The second-order valence-electron chi connectivity index (χ2n) is 3.98. The quantitative estimate of drug-likeness (QED) is 0.588. The zero-order valence-corrected chi connectivity index (χ0v) is 10.4. The highest BCUT2D eigenvalue weighted by Crippen LogP contribution is 2.15. The number of rotatable bonds is 3. The van der Waals surface area contributed by atoms with Crippen molar-refractivity contribution in [3.8, 4) is 6.07 Å². The van der Waals surface area contributed by atoms with Crippen LogP contribution < -0.4 is 16.6 Å². The fourth-order valence-electron chi connectivity index (χ4n) is 1.64. The lowest BCUT2D eigenvalue weighted by Gasteiger charge is -2.10. The van der Waals surface area contributed by atoms with Crippen LogP contribution in [0.1, 0.15) is 15.9 Å². The molecule has 0 spiro atoms. The zero-order valence-electron chi connectivity index (χ0n) is 10.4. The highest BCUT2D eigenvalue weighted by molar-refractivity contribution is 5.99. The van der Waals surface area contributed by atoms with Gasteiger partial charge in [0.25, 0.3) is 5.91 Å². The highest BCUT2D eigenvalue weighted by Gasteiger charge is 2.14. The predicted molar refractivity (Wildman–Crippen MR) is 73.1 cm³/mol. The van der Waals surface area contributed by atoms with Crippen LogP contribution in [0.4, 0.5) is 15.8 Å². The number of nitrogens with zero attached hydrogens (tertiary/aromatic N) is 1. The number of carbonyl (C=O) groups is 1. The Kier molecular flexibility index (Phi) is 3.82. The Morgan fingerprint density at radius 3 is 2.70 bits per heavy atom. The van der Waals surface area contributed by atoms with Gasteiger partial charge in [-0.1, -0.05) is 12.1 Å². The van der Waals surface area contributed by atoms with Crippen LogP contribution in [-0.4, -0.2) is 5.91 Å². The van der Waals surface area contributed by atoms with Crippen molar-refractivity contribution in [1.82, 2.24) is 5.43 Å². The van der Waals surface area contributed by atoms with Gasteiger partial charge in [-0.25, -0.2) is 4.39 Å². The van der Waals surface area contributed by atoms with E-state index < -0.39 is 11.7 Å². The van der Waals surface area contributed by atoms with Crippen LogP contribution in [0.5, 0.6) is 0 Å². The molecular formula is C14H11FN4O. The maximum absolute atomic E-state index is 13.5. The molecule has 0 fully saturated rings. The SMILES string of the molecule is N#Cc1cccc(NNC(=O)c2c(N)cccc2F)c1. The van der Waals surface area contributed by atoms with E-state index in [1.807, 2.05) is 6.07 Å².